The van der Waals surface area contributed by atoms with Gasteiger partial charge in [0.2, 0.25) is 0 Å². The van der Waals surface area contributed by atoms with Crippen molar-refractivity contribution >= 4 is 42.3 Å². The Morgan fingerprint density at radius 3 is 1.58 bits per heavy atom. The van der Waals surface area contributed by atoms with Gasteiger partial charge in [-0.05, 0) is 68.4 Å². The Morgan fingerprint density at radius 2 is 0.868 bits per heavy atom. The van der Waals surface area contributed by atoms with Crippen LogP contribution in [0, 0.1) is 0 Å². The summed E-state index contributed by atoms with van der Waals surface area (Å²) < 4.78 is 2.62. The first-order chi connectivity index (χ1) is 26.3. The van der Waals surface area contributed by atoms with Crippen molar-refractivity contribution < 1.29 is 0 Å². The Hall–Kier alpha value is -6.68. The Morgan fingerprint density at radius 1 is 0.321 bits per heavy atom. The Bertz CT molecular complexity index is 2860. The van der Waals surface area contributed by atoms with Gasteiger partial charge in [0.05, 0.1) is 11.4 Å². The van der Waals surface area contributed by atoms with Crippen LogP contribution in [0.3, 0.4) is 0 Å². The fraction of sp³-hybridized carbons (Fsp3) is 0. The van der Waals surface area contributed by atoms with E-state index in [4.69, 9.17) is 9.97 Å². The monoisotopic (exact) mass is 692 g/mol. The molecule has 0 aliphatic heterocycles. The third-order valence-electron chi connectivity index (χ3n) is 10.1. The van der Waals surface area contributed by atoms with E-state index in [0.717, 1.165) is 44.8 Å². The summed E-state index contributed by atoms with van der Waals surface area (Å²) in [4.78, 5) is 10.3. The average molecular weight is 693 g/mol. The van der Waals surface area contributed by atoms with Crippen molar-refractivity contribution in [3.8, 4) is 67.3 Å². The summed E-state index contributed by atoms with van der Waals surface area (Å²) >= 11 is 1.90. The maximum atomic E-state index is 5.25. The zero-order valence-corrected chi connectivity index (χ0v) is 29.6. The van der Waals surface area contributed by atoms with Crippen molar-refractivity contribution in [1.82, 2.24) is 9.97 Å². The highest BCUT2D eigenvalue weighted by Gasteiger charge is 2.19. The number of rotatable bonds is 6. The molecule has 0 saturated heterocycles. The summed E-state index contributed by atoms with van der Waals surface area (Å²) in [6.07, 6.45) is 0. The summed E-state index contributed by atoms with van der Waals surface area (Å²) in [5.41, 5.74) is 12.0. The van der Waals surface area contributed by atoms with Crippen LogP contribution in [-0.4, -0.2) is 9.97 Å². The normalized spacial score (nSPS) is 11.4. The van der Waals surface area contributed by atoms with E-state index in [1.807, 2.05) is 35.6 Å². The van der Waals surface area contributed by atoms with Crippen LogP contribution in [0.2, 0.25) is 0 Å². The molecule has 0 N–H and O–H groups in total. The van der Waals surface area contributed by atoms with Crippen LogP contribution in [0.4, 0.5) is 0 Å². The summed E-state index contributed by atoms with van der Waals surface area (Å²) in [6, 6.07) is 69.2. The summed E-state index contributed by atoms with van der Waals surface area (Å²) in [5.74, 6) is 0.707. The minimum Gasteiger partial charge on any atom is -0.228 e. The number of aromatic nitrogens is 2. The molecule has 0 saturated carbocycles. The number of benzene rings is 8. The topological polar surface area (TPSA) is 25.8 Å². The van der Waals surface area contributed by atoms with Crippen molar-refractivity contribution in [2.75, 3.05) is 0 Å². The third kappa shape index (κ3) is 5.68. The fourth-order valence-corrected chi connectivity index (χ4v) is 8.89. The Kier molecular flexibility index (Phi) is 7.71. The maximum Gasteiger partial charge on any atom is 0.160 e. The quantitative estimate of drug-likeness (QED) is 0.173. The Balaban J connectivity index is 1.26. The predicted molar refractivity (Wildman–Crippen MR) is 225 cm³/mol. The van der Waals surface area contributed by atoms with E-state index in [-0.39, 0.29) is 0 Å². The van der Waals surface area contributed by atoms with Gasteiger partial charge in [-0.15, -0.1) is 11.3 Å². The van der Waals surface area contributed by atoms with Crippen molar-refractivity contribution in [2.24, 2.45) is 0 Å². The number of nitrogens with zero attached hydrogens (tertiary/aromatic N) is 2. The second-order valence-electron chi connectivity index (χ2n) is 13.4. The molecular weight excluding hydrogens is 661 g/mol. The standard InChI is InChI=1S/C50H32N2S/c1-5-15-33(16-6-1)38-29-39(31-40(30-38)46-32-45(36-20-9-3-10-21-36)51-50(52-46)37-22-11-4-12-23-37)41-27-28-43(34-17-7-2-8-18-34)49-47(41)44-26-25-35-19-13-14-24-42(35)48(44)53-49/h1-32H. The van der Waals surface area contributed by atoms with Gasteiger partial charge in [0, 0.05) is 36.9 Å². The molecule has 0 aliphatic carbocycles. The molecule has 0 amide bonds. The van der Waals surface area contributed by atoms with Crippen molar-refractivity contribution in [2.45, 2.75) is 0 Å². The first-order valence-corrected chi connectivity index (χ1v) is 18.7. The van der Waals surface area contributed by atoms with E-state index in [1.165, 1.54) is 47.6 Å². The fourth-order valence-electron chi connectivity index (χ4n) is 7.49. The molecule has 2 heterocycles. The average Bonchev–Trinajstić information content (AvgIpc) is 3.65. The third-order valence-corrected chi connectivity index (χ3v) is 11.3. The second kappa shape index (κ2) is 13.1. The van der Waals surface area contributed by atoms with Crippen LogP contribution in [0.25, 0.3) is 98.2 Å². The van der Waals surface area contributed by atoms with Gasteiger partial charge in [0.15, 0.2) is 5.82 Å². The van der Waals surface area contributed by atoms with E-state index in [9.17, 15) is 0 Å². The minimum atomic E-state index is 0.707. The molecule has 2 nitrogen and oxygen atoms in total. The zero-order chi connectivity index (χ0) is 35.1. The van der Waals surface area contributed by atoms with Gasteiger partial charge < -0.3 is 0 Å². The van der Waals surface area contributed by atoms with Crippen LogP contribution in [0.1, 0.15) is 0 Å². The molecule has 10 rings (SSSR count). The van der Waals surface area contributed by atoms with Crippen molar-refractivity contribution in [1.29, 1.82) is 0 Å². The molecule has 0 spiro atoms. The largest absolute Gasteiger partial charge is 0.228 e. The molecule has 0 radical (unpaired) electrons. The summed E-state index contributed by atoms with van der Waals surface area (Å²) in [5, 5.41) is 5.11. The van der Waals surface area contributed by atoms with Gasteiger partial charge in [-0.25, -0.2) is 9.97 Å². The first kappa shape index (κ1) is 31.1. The highest BCUT2D eigenvalue weighted by Crippen LogP contribution is 2.47. The van der Waals surface area contributed by atoms with E-state index >= 15 is 0 Å². The molecule has 0 aliphatic rings. The van der Waals surface area contributed by atoms with E-state index < -0.39 is 0 Å². The van der Waals surface area contributed by atoms with Gasteiger partial charge >= 0.3 is 0 Å². The van der Waals surface area contributed by atoms with Gasteiger partial charge in [0.25, 0.3) is 0 Å². The SMILES string of the molecule is c1ccc(-c2cc(-c3cc(-c4ccccc4)nc(-c4ccccc4)n3)cc(-c3ccc(-c4ccccc4)c4sc5c6ccccc6ccc5c34)c2)cc1. The predicted octanol–water partition coefficient (Wildman–Crippen LogP) is 14.0. The molecule has 0 fully saturated rings. The summed E-state index contributed by atoms with van der Waals surface area (Å²) in [7, 11) is 0. The molecule has 53 heavy (non-hydrogen) atoms. The number of hydrogen-bond acceptors (Lipinski definition) is 3. The van der Waals surface area contributed by atoms with Gasteiger partial charge in [0.1, 0.15) is 0 Å². The molecule has 248 valence electrons. The summed E-state index contributed by atoms with van der Waals surface area (Å²) in [6.45, 7) is 0. The smallest absolute Gasteiger partial charge is 0.160 e. The number of thiophene rings is 1. The van der Waals surface area contributed by atoms with Crippen molar-refractivity contribution in [3.63, 3.8) is 0 Å². The molecule has 8 aromatic carbocycles. The zero-order valence-electron chi connectivity index (χ0n) is 28.8. The Labute approximate surface area is 312 Å². The molecule has 3 heteroatoms. The highest BCUT2D eigenvalue weighted by molar-refractivity contribution is 7.27. The van der Waals surface area contributed by atoms with Gasteiger partial charge in [-0.3, -0.25) is 0 Å². The molecule has 10 aromatic rings. The van der Waals surface area contributed by atoms with Crippen LogP contribution in [0.15, 0.2) is 194 Å². The van der Waals surface area contributed by atoms with Crippen molar-refractivity contribution in [3.05, 3.63) is 194 Å². The van der Waals surface area contributed by atoms with E-state index in [1.54, 1.807) is 0 Å². The molecular formula is C50H32N2S. The van der Waals surface area contributed by atoms with Crippen LogP contribution >= 0.6 is 11.3 Å². The number of hydrogen-bond donors (Lipinski definition) is 0. The lowest BCUT2D eigenvalue weighted by molar-refractivity contribution is 1.18. The lowest BCUT2D eigenvalue weighted by Crippen LogP contribution is -1.96. The molecule has 0 unspecified atom stereocenters. The van der Waals surface area contributed by atoms with Crippen LogP contribution in [0.5, 0.6) is 0 Å². The van der Waals surface area contributed by atoms with Gasteiger partial charge in [-0.1, -0.05) is 170 Å². The first-order valence-electron chi connectivity index (χ1n) is 17.9. The lowest BCUT2D eigenvalue weighted by atomic mass is 9.90. The molecule has 0 atom stereocenters. The lowest BCUT2D eigenvalue weighted by Gasteiger charge is -2.15. The van der Waals surface area contributed by atoms with E-state index in [2.05, 4.69) is 170 Å². The highest BCUT2D eigenvalue weighted by atomic mass is 32.1. The maximum absolute atomic E-state index is 5.25. The molecule has 0 bridgehead atoms. The van der Waals surface area contributed by atoms with E-state index in [0.29, 0.717) is 5.82 Å². The molecule has 2 aromatic heterocycles. The van der Waals surface area contributed by atoms with Crippen LogP contribution in [-0.2, 0) is 0 Å². The second-order valence-corrected chi connectivity index (χ2v) is 14.4. The van der Waals surface area contributed by atoms with Crippen LogP contribution < -0.4 is 0 Å². The van der Waals surface area contributed by atoms with Gasteiger partial charge in [-0.2, -0.15) is 0 Å². The number of fused-ring (bicyclic) bond motifs is 5. The minimum absolute atomic E-state index is 0.707.